The maximum Gasteiger partial charge on any atom is 0.407 e. The number of alkyl carbamates (subject to hydrolysis) is 1. The normalized spacial score (nSPS) is 10.4. The number of phenols is 1. The number of phenolic OH excluding ortho intramolecular Hbond substituents is 1. The lowest BCUT2D eigenvalue weighted by atomic mass is 10.2. The molecule has 108 valence electrons. The van der Waals surface area contributed by atoms with Crippen LogP contribution in [0.25, 0.3) is 0 Å². The van der Waals surface area contributed by atoms with Gasteiger partial charge in [-0.05, 0) is 54.9 Å². The zero-order chi connectivity index (χ0) is 15.2. The van der Waals surface area contributed by atoms with Gasteiger partial charge in [-0.25, -0.2) is 4.79 Å². The van der Waals surface area contributed by atoms with Crippen LogP contribution in [-0.2, 0) is 4.74 Å². The van der Waals surface area contributed by atoms with Gasteiger partial charge in [-0.15, -0.1) is 0 Å². The van der Waals surface area contributed by atoms with Gasteiger partial charge in [-0.3, -0.25) is 0 Å². The molecule has 0 saturated heterocycles. The Balaban J connectivity index is 2.36. The number of carbonyl (C=O) groups is 1. The molecule has 0 radical (unpaired) electrons. The molecule has 0 unspecified atom stereocenters. The summed E-state index contributed by atoms with van der Waals surface area (Å²) in [6.45, 7) is 5.88. The summed E-state index contributed by atoms with van der Waals surface area (Å²) in [4.78, 5) is 11.4. The third-order valence-corrected chi connectivity index (χ3v) is 2.73. The van der Waals surface area contributed by atoms with Gasteiger partial charge in [0.1, 0.15) is 11.4 Å². The second-order valence-corrected chi connectivity index (χ2v) is 6.00. The zero-order valence-corrected chi connectivity index (χ0v) is 13.4. The molecule has 0 saturated carbocycles. The number of amides is 1. The molecule has 1 amide bonds. The van der Waals surface area contributed by atoms with Crippen molar-refractivity contribution < 1.29 is 14.6 Å². The summed E-state index contributed by atoms with van der Waals surface area (Å²) >= 11 is 3.22. The molecule has 0 aromatic heterocycles. The van der Waals surface area contributed by atoms with E-state index in [2.05, 4.69) is 33.1 Å². The number of nitrogens with one attached hydrogen (secondary N) is 1. The molecule has 2 N–H and O–H groups in total. The van der Waals surface area contributed by atoms with Crippen LogP contribution in [0.15, 0.2) is 22.7 Å². The van der Waals surface area contributed by atoms with Crippen molar-refractivity contribution in [3.8, 4) is 17.6 Å². The largest absolute Gasteiger partial charge is 0.507 e. The van der Waals surface area contributed by atoms with Crippen molar-refractivity contribution in [3.05, 3.63) is 28.2 Å². The Kier molecular flexibility index (Phi) is 5.90. The third kappa shape index (κ3) is 6.48. The first kappa shape index (κ1) is 16.4. The Morgan fingerprint density at radius 1 is 1.45 bits per heavy atom. The Morgan fingerprint density at radius 3 is 2.75 bits per heavy atom. The standard InChI is InChI=1S/C15H18BrNO3/c1-15(2,3)20-14(19)17-9-5-4-6-11-7-8-13(18)12(16)10-11/h7-8,10,18H,5,9H2,1-3H3,(H,17,19). The highest BCUT2D eigenvalue weighted by atomic mass is 79.9. The number of halogens is 1. The lowest BCUT2D eigenvalue weighted by Gasteiger charge is -2.19. The molecule has 20 heavy (non-hydrogen) atoms. The molecule has 0 fully saturated rings. The summed E-state index contributed by atoms with van der Waals surface area (Å²) in [6.07, 6.45) is 0.0873. The molecular formula is C15H18BrNO3. The van der Waals surface area contributed by atoms with Crippen molar-refractivity contribution in [2.75, 3.05) is 6.54 Å². The van der Waals surface area contributed by atoms with E-state index >= 15 is 0 Å². The fraction of sp³-hybridized carbons (Fsp3) is 0.400. The SMILES string of the molecule is CC(C)(C)OC(=O)NCCC#Cc1ccc(O)c(Br)c1. The predicted octanol–water partition coefficient (Wildman–Crippen LogP) is 3.42. The number of aromatic hydroxyl groups is 1. The molecule has 0 bridgehead atoms. The summed E-state index contributed by atoms with van der Waals surface area (Å²) in [5.74, 6) is 6.08. The Bertz CT molecular complexity index is 538. The Morgan fingerprint density at radius 2 is 2.15 bits per heavy atom. The van der Waals surface area contributed by atoms with Crippen LogP contribution in [0.3, 0.4) is 0 Å². The highest BCUT2D eigenvalue weighted by Crippen LogP contribution is 2.23. The summed E-state index contributed by atoms with van der Waals surface area (Å²) in [5.41, 5.74) is 0.306. The second kappa shape index (κ2) is 7.20. The van der Waals surface area contributed by atoms with E-state index in [0.29, 0.717) is 17.4 Å². The van der Waals surface area contributed by atoms with E-state index in [4.69, 9.17) is 4.74 Å². The molecule has 0 atom stereocenters. The minimum absolute atomic E-state index is 0.183. The molecule has 0 spiro atoms. The lowest BCUT2D eigenvalue weighted by molar-refractivity contribution is 0.0529. The second-order valence-electron chi connectivity index (χ2n) is 5.15. The fourth-order valence-electron chi connectivity index (χ4n) is 1.29. The number of carbonyl (C=O) groups excluding carboxylic acids is 1. The van der Waals surface area contributed by atoms with E-state index < -0.39 is 11.7 Å². The molecule has 0 aliphatic heterocycles. The molecule has 1 rings (SSSR count). The first-order valence-corrected chi connectivity index (χ1v) is 7.01. The number of hydrogen-bond acceptors (Lipinski definition) is 3. The molecular weight excluding hydrogens is 322 g/mol. The average Bonchev–Trinajstić information content (AvgIpc) is 2.31. The van der Waals surface area contributed by atoms with Gasteiger partial charge in [0.05, 0.1) is 4.47 Å². The van der Waals surface area contributed by atoms with E-state index in [0.717, 1.165) is 5.56 Å². The van der Waals surface area contributed by atoms with Gasteiger partial charge in [0, 0.05) is 18.5 Å². The van der Waals surface area contributed by atoms with Gasteiger partial charge in [0.15, 0.2) is 0 Å². The fourth-order valence-corrected chi connectivity index (χ4v) is 1.67. The molecule has 0 heterocycles. The van der Waals surface area contributed by atoms with Crippen molar-refractivity contribution in [1.82, 2.24) is 5.32 Å². The Labute approximate surface area is 127 Å². The number of ether oxygens (including phenoxy) is 1. The summed E-state index contributed by atoms with van der Waals surface area (Å²) < 4.78 is 5.71. The summed E-state index contributed by atoms with van der Waals surface area (Å²) in [5, 5.41) is 12.0. The van der Waals surface area contributed by atoms with Crippen LogP contribution in [-0.4, -0.2) is 23.3 Å². The average molecular weight is 340 g/mol. The van der Waals surface area contributed by atoms with Crippen molar-refractivity contribution in [3.63, 3.8) is 0 Å². The van der Waals surface area contributed by atoms with Crippen LogP contribution in [0, 0.1) is 11.8 Å². The smallest absolute Gasteiger partial charge is 0.407 e. The zero-order valence-electron chi connectivity index (χ0n) is 11.8. The van der Waals surface area contributed by atoms with Crippen LogP contribution < -0.4 is 5.32 Å². The minimum Gasteiger partial charge on any atom is -0.507 e. The van der Waals surface area contributed by atoms with Gasteiger partial charge in [0.2, 0.25) is 0 Å². The molecule has 4 nitrogen and oxygen atoms in total. The van der Waals surface area contributed by atoms with E-state index in [9.17, 15) is 9.90 Å². The van der Waals surface area contributed by atoms with Crippen molar-refractivity contribution in [2.45, 2.75) is 32.8 Å². The predicted molar refractivity (Wildman–Crippen MR) is 81.5 cm³/mol. The Hall–Kier alpha value is -1.67. The molecule has 0 aliphatic rings. The summed E-state index contributed by atoms with van der Waals surface area (Å²) in [7, 11) is 0. The van der Waals surface area contributed by atoms with Crippen LogP contribution >= 0.6 is 15.9 Å². The van der Waals surface area contributed by atoms with Crippen LogP contribution in [0.1, 0.15) is 32.8 Å². The molecule has 5 heteroatoms. The van der Waals surface area contributed by atoms with Gasteiger partial charge in [0.25, 0.3) is 0 Å². The highest BCUT2D eigenvalue weighted by Gasteiger charge is 2.15. The van der Waals surface area contributed by atoms with E-state index in [1.54, 1.807) is 18.2 Å². The minimum atomic E-state index is -0.492. The van der Waals surface area contributed by atoms with Crippen molar-refractivity contribution in [1.29, 1.82) is 0 Å². The number of rotatable bonds is 2. The number of benzene rings is 1. The van der Waals surface area contributed by atoms with Crippen molar-refractivity contribution >= 4 is 22.0 Å². The maximum atomic E-state index is 11.4. The van der Waals surface area contributed by atoms with Crippen LogP contribution in [0.2, 0.25) is 0 Å². The van der Waals surface area contributed by atoms with E-state index in [-0.39, 0.29) is 5.75 Å². The monoisotopic (exact) mass is 339 g/mol. The third-order valence-electron chi connectivity index (χ3n) is 2.10. The van der Waals surface area contributed by atoms with Crippen LogP contribution in [0.4, 0.5) is 4.79 Å². The number of hydrogen-bond donors (Lipinski definition) is 2. The lowest BCUT2D eigenvalue weighted by Crippen LogP contribution is -2.32. The van der Waals surface area contributed by atoms with Gasteiger partial charge < -0.3 is 15.2 Å². The van der Waals surface area contributed by atoms with Crippen molar-refractivity contribution in [2.24, 2.45) is 0 Å². The molecule has 0 aliphatic carbocycles. The van der Waals surface area contributed by atoms with Gasteiger partial charge in [-0.2, -0.15) is 0 Å². The van der Waals surface area contributed by atoms with Gasteiger partial charge in [-0.1, -0.05) is 11.8 Å². The van der Waals surface area contributed by atoms with Gasteiger partial charge >= 0.3 is 6.09 Å². The molecule has 1 aromatic carbocycles. The highest BCUT2D eigenvalue weighted by molar-refractivity contribution is 9.10. The quantitative estimate of drug-likeness (QED) is 0.641. The van der Waals surface area contributed by atoms with E-state index in [1.165, 1.54) is 0 Å². The first-order valence-electron chi connectivity index (χ1n) is 6.22. The topological polar surface area (TPSA) is 58.6 Å². The summed E-state index contributed by atoms with van der Waals surface area (Å²) in [6, 6.07) is 5.05. The van der Waals surface area contributed by atoms with E-state index in [1.807, 2.05) is 20.8 Å². The van der Waals surface area contributed by atoms with Crippen LogP contribution in [0.5, 0.6) is 5.75 Å². The first-order chi connectivity index (χ1) is 9.28. The maximum absolute atomic E-state index is 11.4. The molecule has 1 aromatic rings.